The van der Waals surface area contributed by atoms with Crippen molar-refractivity contribution in [3.05, 3.63) is 35.9 Å². The first-order chi connectivity index (χ1) is 12.6. The van der Waals surface area contributed by atoms with E-state index in [4.69, 9.17) is 17.0 Å². The zero-order chi connectivity index (χ0) is 18.7. The van der Waals surface area contributed by atoms with Crippen molar-refractivity contribution in [3.63, 3.8) is 0 Å². The summed E-state index contributed by atoms with van der Waals surface area (Å²) < 4.78 is 5.32. The lowest BCUT2D eigenvalue weighted by Crippen LogP contribution is -2.43. The van der Waals surface area contributed by atoms with Crippen molar-refractivity contribution in [1.29, 1.82) is 0 Å². The Kier molecular flexibility index (Phi) is 5.41. The van der Waals surface area contributed by atoms with Gasteiger partial charge in [-0.05, 0) is 44.3 Å². The lowest BCUT2D eigenvalue weighted by molar-refractivity contribution is 0.150. The number of carbonyl (C=O) groups is 1. The number of likely N-dealkylation sites (N-methyl/N-ethyl adjacent to an activating group) is 2. The number of ether oxygens (including phenoxy) is 1. The average Bonchev–Trinajstić information content (AvgIpc) is 3.10. The first-order valence-corrected chi connectivity index (χ1v) is 9.03. The molecule has 2 amide bonds. The molecule has 3 rings (SSSR count). The first-order valence-electron chi connectivity index (χ1n) is 8.63. The van der Waals surface area contributed by atoms with Crippen LogP contribution in [0.1, 0.15) is 19.4 Å². The fourth-order valence-corrected chi connectivity index (χ4v) is 3.78. The third-order valence-corrected chi connectivity index (χ3v) is 5.00. The van der Waals surface area contributed by atoms with Gasteiger partial charge in [0.25, 0.3) is 0 Å². The molecular formula is C18H23N5O2S. The van der Waals surface area contributed by atoms with E-state index in [1.165, 1.54) is 5.01 Å². The number of carbonyl (C=O) groups excluding carboxylic acids is 1. The largest absolute Gasteiger partial charge is 0.496 e. The van der Waals surface area contributed by atoms with Crippen molar-refractivity contribution >= 4 is 35.7 Å². The van der Waals surface area contributed by atoms with E-state index in [0.717, 1.165) is 23.0 Å². The van der Waals surface area contributed by atoms with E-state index >= 15 is 0 Å². The molecule has 1 aromatic carbocycles. The van der Waals surface area contributed by atoms with Crippen LogP contribution in [0.25, 0.3) is 6.08 Å². The van der Waals surface area contributed by atoms with Crippen LogP contribution in [0.4, 0.5) is 4.79 Å². The van der Waals surface area contributed by atoms with Crippen molar-refractivity contribution in [2.24, 2.45) is 5.10 Å². The number of para-hydroxylation sites is 1. The maximum Gasteiger partial charge on any atom is 0.341 e. The molecule has 1 aromatic rings. The zero-order valence-corrected chi connectivity index (χ0v) is 15.9. The van der Waals surface area contributed by atoms with Gasteiger partial charge in [0, 0.05) is 24.9 Å². The third kappa shape index (κ3) is 3.12. The molecule has 26 heavy (non-hydrogen) atoms. The molecule has 2 aliphatic heterocycles. The highest BCUT2D eigenvalue weighted by molar-refractivity contribution is 7.80. The van der Waals surface area contributed by atoms with E-state index in [0.29, 0.717) is 6.54 Å². The van der Waals surface area contributed by atoms with Crippen LogP contribution in [0.3, 0.4) is 0 Å². The molecule has 138 valence electrons. The number of methoxy groups -OCH3 is 1. The van der Waals surface area contributed by atoms with Crippen molar-refractivity contribution in [2.75, 3.05) is 20.2 Å². The minimum Gasteiger partial charge on any atom is -0.496 e. The van der Waals surface area contributed by atoms with Crippen LogP contribution in [0, 0.1) is 0 Å². The molecule has 0 spiro atoms. The Morgan fingerprint density at radius 3 is 2.69 bits per heavy atom. The second-order valence-electron chi connectivity index (χ2n) is 5.87. The minimum absolute atomic E-state index is 0.171. The maximum absolute atomic E-state index is 12.3. The van der Waals surface area contributed by atoms with Gasteiger partial charge in [-0.15, -0.1) is 0 Å². The van der Waals surface area contributed by atoms with Crippen LogP contribution in [-0.2, 0) is 0 Å². The molecule has 0 radical (unpaired) electrons. The first kappa shape index (κ1) is 18.2. The summed E-state index contributed by atoms with van der Waals surface area (Å²) in [5.74, 6) is 0.785. The second-order valence-corrected chi connectivity index (χ2v) is 6.24. The predicted molar refractivity (Wildman–Crippen MR) is 106 cm³/mol. The molecule has 0 aliphatic carbocycles. The summed E-state index contributed by atoms with van der Waals surface area (Å²) in [7, 11) is 1.64. The van der Waals surface area contributed by atoms with E-state index in [1.54, 1.807) is 19.4 Å². The minimum atomic E-state index is -0.226. The van der Waals surface area contributed by atoms with Gasteiger partial charge in [0.1, 0.15) is 11.9 Å². The highest BCUT2D eigenvalue weighted by Crippen LogP contribution is 2.29. The fraction of sp³-hybridized carbons (Fsp3) is 0.389. The number of rotatable bonds is 6. The molecule has 0 aromatic heterocycles. The molecule has 7 nitrogen and oxygen atoms in total. The van der Waals surface area contributed by atoms with Gasteiger partial charge in [0.15, 0.2) is 11.3 Å². The number of thiocarbonyl (C=S) groups is 1. The molecule has 2 atom stereocenters. The average molecular weight is 373 g/mol. The van der Waals surface area contributed by atoms with Crippen LogP contribution < -0.4 is 10.1 Å². The number of nitrogens with zero attached hydrogens (tertiary/aromatic N) is 4. The third-order valence-electron chi connectivity index (χ3n) is 4.53. The van der Waals surface area contributed by atoms with E-state index < -0.39 is 0 Å². The number of hydrogen-bond donors (Lipinski definition) is 1. The summed E-state index contributed by atoms with van der Waals surface area (Å²) in [6.07, 6.45) is 4.90. The van der Waals surface area contributed by atoms with Crippen LogP contribution in [0.2, 0.25) is 0 Å². The number of nitrogens with one attached hydrogen (secondary N) is 1. The van der Waals surface area contributed by atoms with Gasteiger partial charge in [-0.3, -0.25) is 0 Å². The number of hydrazone groups is 1. The number of amides is 2. The van der Waals surface area contributed by atoms with Gasteiger partial charge in [-0.2, -0.15) is 10.1 Å². The summed E-state index contributed by atoms with van der Waals surface area (Å²) in [6.45, 7) is 5.50. The lowest BCUT2D eigenvalue weighted by Gasteiger charge is -2.26. The molecule has 1 N–H and O–H groups in total. The molecule has 0 saturated carbocycles. The number of urea groups is 1. The fourth-order valence-electron chi connectivity index (χ4n) is 3.30. The quantitative estimate of drug-likeness (QED) is 0.613. The Hall–Kier alpha value is -2.61. The number of fused-ring (bicyclic) bond motifs is 1. The zero-order valence-electron chi connectivity index (χ0n) is 15.1. The van der Waals surface area contributed by atoms with E-state index in [-0.39, 0.29) is 18.4 Å². The number of benzene rings is 1. The normalized spacial score (nSPS) is 22.7. The van der Waals surface area contributed by atoms with E-state index in [9.17, 15) is 4.79 Å². The van der Waals surface area contributed by atoms with Gasteiger partial charge in [0.2, 0.25) is 0 Å². The van der Waals surface area contributed by atoms with Crippen molar-refractivity contribution < 1.29 is 9.53 Å². The molecule has 2 fully saturated rings. The summed E-state index contributed by atoms with van der Waals surface area (Å²) in [6, 6.07) is 7.49. The standard InChI is InChI=1S/C18H23N5O2S/c1-4-21-15-16(22(5-2)18(21)26)23(17(24)20-15)19-12-8-10-13-9-6-7-11-14(13)25-3/h6-12,15-16H,4-5H2,1-3H3,(H,20,24)/b10-8+,19-12+. The van der Waals surface area contributed by atoms with Crippen LogP contribution >= 0.6 is 12.2 Å². The maximum atomic E-state index is 12.3. The summed E-state index contributed by atoms with van der Waals surface area (Å²) in [4.78, 5) is 16.4. The summed E-state index contributed by atoms with van der Waals surface area (Å²) in [5, 5.41) is 9.53. The van der Waals surface area contributed by atoms with Gasteiger partial charge in [-0.1, -0.05) is 18.2 Å². The Bertz CT molecular complexity index is 751. The molecule has 2 saturated heterocycles. The molecular weight excluding hydrogens is 350 g/mol. The Morgan fingerprint density at radius 1 is 1.27 bits per heavy atom. The Balaban J connectivity index is 1.76. The monoisotopic (exact) mass is 373 g/mol. The van der Waals surface area contributed by atoms with Crippen LogP contribution in [-0.4, -0.2) is 64.7 Å². The van der Waals surface area contributed by atoms with Crippen LogP contribution in [0.15, 0.2) is 35.4 Å². The van der Waals surface area contributed by atoms with Gasteiger partial charge in [0.05, 0.1) is 7.11 Å². The topological polar surface area (TPSA) is 60.4 Å². The van der Waals surface area contributed by atoms with Gasteiger partial charge in [-0.25, -0.2) is 4.79 Å². The molecule has 2 unspecified atom stereocenters. The predicted octanol–water partition coefficient (Wildman–Crippen LogP) is 2.31. The molecule has 2 heterocycles. The second kappa shape index (κ2) is 7.74. The lowest BCUT2D eigenvalue weighted by atomic mass is 10.2. The van der Waals surface area contributed by atoms with E-state index in [1.807, 2.05) is 54.0 Å². The van der Waals surface area contributed by atoms with E-state index in [2.05, 4.69) is 10.4 Å². The van der Waals surface area contributed by atoms with Crippen molar-refractivity contribution in [2.45, 2.75) is 26.2 Å². The number of hydrogen-bond acceptors (Lipinski definition) is 4. The highest BCUT2D eigenvalue weighted by Gasteiger charge is 2.52. The SMILES string of the molecule is CCN1C(=S)N(CC)C2C1NC(=O)N2/N=C/C=C/c1ccccc1OC. The van der Waals surface area contributed by atoms with Crippen molar-refractivity contribution in [3.8, 4) is 5.75 Å². The highest BCUT2D eigenvalue weighted by atomic mass is 32.1. The van der Waals surface area contributed by atoms with Crippen LogP contribution in [0.5, 0.6) is 5.75 Å². The Morgan fingerprint density at radius 2 is 2.00 bits per heavy atom. The van der Waals surface area contributed by atoms with Gasteiger partial charge < -0.3 is 19.9 Å². The molecule has 0 bridgehead atoms. The number of allylic oxidation sites excluding steroid dienone is 1. The smallest absolute Gasteiger partial charge is 0.341 e. The summed E-state index contributed by atoms with van der Waals surface area (Å²) >= 11 is 5.53. The summed E-state index contributed by atoms with van der Waals surface area (Å²) in [5.41, 5.74) is 0.944. The van der Waals surface area contributed by atoms with Crippen molar-refractivity contribution in [1.82, 2.24) is 20.1 Å². The van der Waals surface area contributed by atoms with Gasteiger partial charge >= 0.3 is 6.03 Å². The molecule has 8 heteroatoms. The Labute approximate surface area is 158 Å². The molecule has 2 aliphatic rings.